The lowest BCUT2D eigenvalue weighted by Gasteiger charge is -2.27. The molecule has 6 rings (SSSR count). The Kier molecular flexibility index (Phi) is 6.53. The lowest BCUT2D eigenvalue weighted by atomic mass is 9.89. The average Bonchev–Trinajstić information content (AvgIpc) is 2.98. The largest absolute Gasteiger partial charge is 0.360 e. The molecule has 2 aromatic heterocycles. The van der Waals surface area contributed by atoms with E-state index in [1.54, 1.807) is 0 Å². The van der Waals surface area contributed by atoms with Crippen LogP contribution in [0.1, 0.15) is 46.6 Å². The first kappa shape index (κ1) is 23.8. The lowest BCUT2D eigenvalue weighted by molar-refractivity contribution is 0.625. The summed E-state index contributed by atoms with van der Waals surface area (Å²) in [7, 11) is 0. The van der Waals surface area contributed by atoms with E-state index < -0.39 is 0 Å². The van der Waals surface area contributed by atoms with Gasteiger partial charge in [-0.25, -0.2) is 0 Å². The van der Waals surface area contributed by atoms with Crippen LogP contribution in [0.5, 0.6) is 0 Å². The summed E-state index contributed by atoms with van der Waals surface area (Å²) in [5.74, 6) is 0.345. The smallest absolute Gasteiger partial charge is 0.145 e. The molecule has 1 aliphatic carbocycles. The molecule has 4 heteroatoms. The van der Waals surface area contributed by atoms with Gasteiger partial charge in [0.05, 0.1) is 5.71 Å². The summed E-state index contributed by atoms with van der Waals surface area (Å²) in [4.78, 5) is 14.0. The first-order valence-electron chi connectivity index (χ1n) is 13.1. The van der Waals surface area contributed by atoms with Gasteiger partial charge in [0.1, 0.15) is 6.17 Å². The predicted molar refractivity (Wildman–Crippen MR) is 155 cm³/mol. The maximum absolute atomic E-state index is 5.11. The van der Waals surface area contributed by atoms with E-state index in [0.717, 1.165) is 51.5 Å². The topological polar surface area (TPSA) is 50.2 Å². The van der Waals surface area contributed by atoms with Gasteiger partial charge in [-0.05, 0) is 66.3 Å². The predicted octanol–water partition coefficient (Wildman–Crippen LogP) is 7.41. The van der Waals surface area contributed by atoms with Crippen LogP contribution in [0.15, 0.2) is 132 Å². The molecular formula is C34H30N4. The van der Waals surface area contributed by atoms with Crippen LogP contribution in [0.2, 0.25) is 0 Å². The van der Waals surface area contributed by atoms with Gasteiger partial charge in [0.15, 0.2) is 0 Å². The lowest BCUT2D eigenvalue weighted by Crippen LogP contribution is -2.26. The molecule has 1 aliphatic heterocycles. The molecule has 2 aliphatic rings. The van der Waals surface area contributed by atoms with Gasteiger partial charge in [-0.1, -0.05) is 85.0 Å². The van der Waals surface area contributed by atoms with E-state index in [9.17, 15) is 0 Å². The van der Waals surface area contributed by atoms with Crippen LogP contribution in [0.3, 0.4) is 0 Å². The molecule has 1 N–H and O–H groups in total. The molecule has 38 heavy (non-hydrogen) atoms. The number of nitrogens with zero attached hydrogens (tertiary/aromatic N) is 3. The van der Waals surface area contributed by atoms with Gasteiger partial charge in [0, 0.05) is 41.0 Å². The Labute approximate surface area is 224 Å². The average molecular weight is 495 g/mol. The minimum Gasteiger partial charge on any atom is -0.360 e. The van der Waals surface area contributed by atoms with Crippen molar-refractivity contribution in [1.29, 1.82) is 0 Å². The number of nitrogens with one attached hydrogen (secondary N) is 1. The minimum absolute atomic E-state index is 0.177. The van der Waals surface area contributed by atoms with E-state index in [1.165, 1.54) is 11.1 Å². The quantitative estimate of drug-likeness (QED) is 0.314. The molecular weight excluding hydrogens is 464 g/mol. The Morgan fingerprint density at radius 2 is 1.42 bits per heavy atom. The minimum atomic E-state index is -0.177. The Balaban J connectivity index is 1.28. The number of benzene rings is 2. The molecule has 2 aromatic carbocycles. The van der Waals surface area contributed by atoms with Gasteiger partial charge >= 0.3 is 0 Å². The molecule has 0 bridgehead atoms. The van der Waals surface area contributed by atoms with E-state index >= 15 is 0 Å². The number of aromatic nitrogens is 2. The van der Waals surface area contributed by atoms with Crippen molar-refractivity contribution in [2.24, 2.45) is 4.99 Å². The molecule has 186 valence electrons. The highest BCUT2D eigenvalue weighted by Crippen LogP contribution is 2.32. The van der Waals surface area contributed by atoms with E-state index in [0.29, 0.717) is 5.92 Å². The summed E-state index contributed by atoms with van der Waals surface area (Å²) < 4.78 is 0. The molecule has 0 saturated carbocycles. The number of rotatable bonds is 5. The van der Waals surface area contributed by atoms with Gasteiger partial charge < -0.3 is 5.32 Å². The summed E-state index contributed by atoms with van der Waals surface area (Å²) in [5.41, 5.74) is 11.1. The monoisotopic (exact) mass is 494 g/mol. The van der Waals surface area contributed by atoms with E-state index in [4.69, 9.17) is 4.99 Å². The fourth-order valence-corrected chi connectivity index (χ4v) is 4.89. The number of hydrogen-bond acceptors (Lipinski definition) is 4. The summed E-state index contributed by atoms with van der Waals surface area (Å²) >= 11 is 0. The number of allylic oxidation sites excluding steroid dienone is 4. The fraction of sp³-hybridized carbons (Fsp3) is 0.147. The third kappa shape index (κ3) is 5.12. The molecule has 2 atom stereocenters. The van der Waals surface area contributed by atoms with E-state index in [-0.39, 0.29) is 6.17 Å². The SMILES string of the molecule is Cc1ccc(-c2ccc(C3N=C(c4ccccc4)C=C(C4=CCC(c5ccc(C)nc5)C=C4)N3)cc2)cn1. The van der Waals surface area contributed by atoms with Gasteiger partial charge in [-0.2, -0.15) is 0 Å². The number of aliphatic imine (C=N–C) groups is 1. The molecule has 0 saturated heterocycles. The fourth-order valence-electron chi connectivity index (χ4n) is 4.89. The van der Waals surface area contributed by atoms with Crippen molar-refractivity contribution in [3.05, 3.63) is 155 Å². The van der Waals surface area contributed by atoms with Crippen molar-refractivity contribution in [3.63, 3.8) is 0 Å². The maximum Gasteiger partial charge on any atom is 0.145 e. The Morgan fingerprint density at radius 3 is 2.08 bits per heavy atom. The van der Waals surface area contributed by atoms with Crippen molar-refractivity contribution < 1.29 is 0 Å². The highest BCUT2D eigenvalue weighted by atomic mass is 15.1. The number of pyridine rings is 2. The summed E-state index contributed by atoms with van der Waals surface area (Å²) in [6.07, 6.45) is 13.7. The van der Waals surface area contributed by atoms with Gasteiger partial charge in [-0.3, -0.25) is 15.0 Å². The van der Waals surface area contributed by atoms with Crippen LogP contribution in [-0.4, -0.2) is 15.7 Å². The summed E-state index contributed by atoms with van der Waals surface area (Å²) in [5, 5.41) is 3.70. The van der Waals surface area contributed by atoms with Crippen molar-refractivity contribution >= 4 is 5.71 Å². The molecule has 0 amide bonds. The Bertz CT molecular complexity index is 1540. The van der Waals surface area contributed by atoms with Crippen LogP contribution in [0.4, 0.5) is 0 Å². The van der Waals surface area contributed by atoms with Crippen molar-refractivity contribution in [2.75, 3.05) is 0 Å². The van der Waals surface area contributed by atoms with Crippen LogP contribution < -0.4 is 5.32 Å². The molecule has 2 unspecified atom stereocenters. The Hall–Kier alpha value is -4.57. The normalized spacial score (nSPS) is 18.7. The van der Waals surface area contributed by atoms with Crippen LogP contribution in [0, 0.1) is 13.8 Å². The first-order valence-corrected chi connectivity index (χ1v) is 13.1. The summed E-state index contributed by atoms with van der Waals surface area (Å²) in [6, 6.07) is 27.5. The van der Waals surface area contributed by atoms with Gasteiger partial charge in [0.2, 0.25) is 0 Å². The van der Waals surface area contributed by atoms with Crippen LogP contribution in [0.25, 0.3) is 11.1 Å². The molecule has 3 heterocycles. The van der Waals surface area contributed by atoms with E-state index in [2.05, 4.69) is 106 Å². The second-order valence-corrected chi connectivity index (χ2v) is 9.89. The third-order valence-corrected chi connectivity index (χ3v) is 7.16. The molecule has 4 aromatic rings. The summed E-state index contributed by atoms with van der Waals surface area (Å²) in [6.45, 7) is 4.03. The highest BCUT2D eigenvalue weighted by Gasteiger charge is 2.22. The molecule has 0 fully saturated rings. The standard InChI is InChI=1S/C34H30N4/c1-23-8-10-30(21-35-23)25-12-16-28(17-13-25)33-20-32(27-6-4-3-5-7-27)37-34(38-33)29-18-14-26(15-19-29)31-11-9-24(2)36-22-31/h3-12,14-22,25,34,38H,13H2,1-2H3. The van der Waals surface area contributed by atoms with Crippen molar-refractivity contribution in [1.82, 2.24) is 15.3 Å². The Morgan fingerprint density at radius 1 is 0.711 bits per heavy atom. The molecule has 4 nitrogen and oxygen atoms in total. The van der Waals surface area contributed by atoms with Gasteiger partial charge in [0.25, 0.3) is 0 Å². The zero-order chi connectivity index (χ0) is 25.9. The first-order chi connectivity index (χ1) is 18.6. The number of hydrogen-bond donors (Lipinski definition) is 1. The molecule has 0 radical (unpaired) electrons. The number of aryl methyl sites for hydroxylation is 2. The zero-order valence-corrected chi connectivity index (χ0v) is 21.7. The third-order valence-electron chi connectivity index (χ3n) is 7.16. The maximum atomic E-state index is 5.11. The highest BCUT2D eigenvalue weighted by molar-refractivity contribution is 6.10. The second-order valence-electron chi connectivity index (χ2n) is 9.89. The van der Waals surface area contributed by atoms with Crippen LogP contribution >= 0.6 is 0 Å². The second kappa shape index (κ2) is 10.4. The van der Waals surface area contributed by atoms with E-state index in [1.807, 2.05) is 38.4 Å². The van der Waals surface area contributed by atoms with Gasteiger partial charge in [-0.15, -0.1) is 0 Å². The zero-order valence-electron chi connectivity index (χ0n) is 21.7. The van der Waals surface area contributed by atoms with Crippen LogP contribution in [-0.2, 0) is 0 Å². The molecule has 0 spiro atoms. The van der Waals surface area contributed by atoms with Crippen molar-refractivity contribution in [3.8, 4) is 11.1 Å². The van der Waals surface area contributed by atoms with Crippen molar-refractivity contribution in [2.45, 2.75) is 32.4 Å².